The summed E-state index contributed by atoms with van der Waals surface area (Å²) in [6.45, 7) is 2.60. The molecule has 2 unspecified atom stereocenters. The highest BCUT2D eigenvalue weighted by Gasteiger charge is 2.59. The van der Waals surface area contributed by atoms with Crippen LogP contribution in [0.4, 0.5) is 0 Å². The van der Waals surface area contributed by atoms with Gasteiger partial charge in [0.25, 0.3) is 0 Å². The summed E-state index contributed by atoms with van der Waals surface area (Å²) >= 11 is 0. The lowest BCUT2D eigenvalue weighted by Gasteiger charge is -2.16. The summed E-state index contributed by atoms with van der Waals surface area (Å²) < 4.78 is 0. The number of β-amino-alcohol motifs (C(OH)–C–C–N with tert-alkyl or cyclic N) is 1. The highest BCUT2D eigenvalue weighted by atomic mass is 16.4. The topological polar surface area (TPSA) is 60.8 Å². The third-order valence-corrected chi connectivity index (χ3v) is 2.97. The minimum Gasteiger partial charge on any atom is -0.481 e. The first kappa shape index (κ1) is 8.01. The Kier molecular flexibility index (Phi) is 1.81. The van der Waals surface area contributed by atoms with Crippen LogP contribution in [0, 0.1) is 17.8 Å². The summed E-state index contributed by atoms with van der Waals surface area (Å²) in [5.41, 5.74) is 0. The fourth-order valence-electron chi connectivity index (χ4n) is 2.30. The van der Waals surface area contributed by atoms with Crippen LogP contribution in [0.25, 0.3) is 0 Å². The summed E-state index contributed by atoms with van der Waals surface area (Å²) in [4.78, 5) is 12.7. The maximum absolute atomic E-state index is 10.6. The Balaban J connectivity index is 1.82. The first-order valence-corrected chi connectivity index (χ1v) is 4.30. The van der Waals surface area contributed by atoms with E-state index in [1.165, 1.54) is 0 Å². The van der Waals surface area contributed by atoms with Crippen molar-refractivity contribution in [3.8, 4) is 0 Å². The molecule has 0 aromatic carbocycles. The highest BCUT2D eigenvalue weighted by Crippen LogP contribution is 2.51. The van der Waals surface area contributed by atoms with Crippen molar-refractivity contribution in [1.29, 1.82) is 0 Å². The molecule has 0 bridgehead atoms. The van der Waals surface area contributed by atoms with Gasteiger partial charge in [-0.1, -0.05) is 0 Å². The molecule has 2 fully saturated rings. The molecule has 4 heteroatoms. The van der Waals surface area contributed by atoms with E-state index >= 15 is 0 Å². The second kappa shape index (κ2) is 2.71. The van der Waals surface area contributed by atoms with Gasteiger partial charge < -0.3 is 15.1 Å². The second-order valence-electron chi connectivity index (χ2n) is 3.67. The van der Waals surface area contributed by atoms with Gasteiger partial charge in [-0.2, -0.15) is 0 Å². The van der Waals surface area contributed by atoms with Crippen LogP contribution in [0.1, 0.15) is 0 Å². The fourth-order valence-corrected chi connectivity index (χ4v) is 2.30. The highest BCUT2D eigenvalue weighted by molar-refractivity contribution is 5.74. The minimum atomic E-state index is -0.645. The number of aliphatic hydroxyl groups excluding tert-OH is 1. The predicted octanol–water partition coefficient (Wildman–Crippen LogP) is -0.759. The van der Waals surface area contributed by atoms with Crippen LogP contribution in [0.15, 0.2) is 0 Å². The monoisotopic (exact) mass is 171 g/mol. The molecule has 2 rings (SSSR count). The van der Waals surface area contributed by atoms with Crippen molar-refractivity contribution in [2.45, 2.75) is 0 Å². The standard InChI is InChI=1S/C8H13NO3/c10-2-1-9-3-5-6(4-9)7(5)8(11)12/h5-7,10H,1-4H2,(H,11,12). The number of piperidine rings is 1. The molecule has 4 nitrogen and oxygen atoms in total. The van der Waals surface area contributed by atoms with Crippen molar-refractivity contribution in [3.05, 3.63) is 0 Å². The van der Waals surface area contributed by atoms with Crippen LogP contribution < -0.4 is 0 Å². The SMILES string of the molecule is O=C(O)C1C2CN(CCO)CC21. The molecular formula is C8H13NO3. The summed E-state index contributed by atoms with van der Waals surface area (Å²) in [6.07, 6.45) is 0. The van der Waals surface area contributed by atoms with E-state index in [1.54, 1.807) is 0 Å². The molecule has 1 saturated carbocycles. The van der Waals surface area contributed by atoms with Crippen LogP contribution in [-0.4, -0.2) is 47.3 Å². The minimum absolute atomic E-state index is 0.0834. The quantitative estimate of drug-likeness (QED) is 0.586. The third-order valence-electron chi connectivity index (χ3n) is 2.97. The Labute approximate surface area is 70.8 Å². The maximum atomic E-state index is 10.6. The van der Waals surface area contributed by atoms with E-state index in [1.807, 2.05) is 0 Å². The van der Waals surface area contributed by atoms with Crippen molar-refractivity contribution in [2.75, 3.05) is 26.2 Å². The molecule has 68 valence electrons. The average molecular weight is 171 g/mol. The van der Waals surface area contributed by atoms with Gasteiger partial charge in [0.05, 0.1) is 12.5 Å². The number of fused-ring (bicyclic) bond motifs is 1. The Morgan fingerprint density at radius 1 is 1.42 bits per heavy atom. The van der Waals surface area contributed by atoms with Crippen molar-refractivity contribution < 1.29 is 15.0 Å². The van der Waals surface area contributed by atoms with Crippen LogP contribution in [-0.2, 0) is 4.79 Å². The summed E-state index contributed by atoms with van der Waals surface area (Å²) in [7, 11) is 0. The Morgan fingerprint density at radius 3 is 2.42 bits per heavy atom. The number of aliphatic hydroxyl groups is 1. The molecule has 1 aliphatic carbocycles. The zero-order valence-electron chi connectivity index (χ0n) is 6.81. The lowest BCUT2D eigenvalue weighted by Crippen LogP contribution is -2.28. The lowest BCUT2D eigenvalue weighted by atomic mass is 10.2. The molecular weight excluding hydrogens is 158 g/mol. The zero-order chi connectivity index (χ0) is 8.72. The van der Waals surface area contributed by atoms with Gasteiger partial charge >= 0.3 is 5.97 Å². The van der Waals surface area contributed by atoms with Crippen molar-refractivity contribution in [3.63, 3.8) is 0 Å². The molecule has 2 atom stereocenters. The van der Waals surface area contributed by atoms with Crippen LogP contribution >= 0.6 is 0 Å². The number of aliphatic carboxylic acids is 1. The van der Waals surface area contributed by atoms with Crippen LogP contribution in [0.3, 0.4) is 0 Å². The summed E-state index contributed by atoms with van der Waals surface area (Å²) in [5, 5.41) is 17.4. The Hall–Kier alpha value is -0.610. The van der Waals surface area contributed by atoms with Gasteiger partial charge in [0, 0.05) is 19.6 Å². The van der Waals surface area contributed by atoms with Crippen LogP contribution in [0.2, 0.25) is 0 Å². The van der Waals surface area contributed by atoms with Gasteiger partial charge in [-0.3, -0.25) is 4.79 Å². The van der Waals surface area contributed by atoms with Crippen LogP contribution in [0.5, 0.6) is 0 Å². The molecule has 0 radical (unpaired) electrons. The zero-order valence-corrected chi connectivity index (χ0v) is 6.81. The summed E-state index contributed by atoms with van der Waals surface area (Å²) in [5.74, 6) is 0.0108. The molecule has 1 aliphatic heterocycles. The largest absolute Gasteiger partial charge is 0.481 e. The molecule has 0 spiro atoms. The number of nitrogens with zero attached hydrogens (tertiary/aromatic N) is 1. The molecule has 12 heavy (non-hydrogen) atoms. The number of carboxylic acid groups (broad SMARTS) is 1. The number of hydrogen-bond acceptors (Lipinski definition) is 3. The molecule has 0 aromatic heterocycles. The number of carboxylic acids is 1. The van der Waals surface area contributed by atoms with E-state index in [9.17, 15) is 4.79 Å². The van der Waals surface area contributed by atoms with E-state index in [2.05, 4.69) is 4.90 Å². The first-order chi connectivity index (χ1) is 5.74. The van der Waals surface area contributed by atoms with E-state index < -0.39 is 5.97 Å². The summed E-state index contributed by atoms with van der Waals surface area (Å²) in [6, 6.07) is 0. The van der Waals surface area contributed by atoms with Crippen molar-refractivity contribution >= 4 is 5.97 Å². The third kappa shape index (κ3) is 1.11. The first-order valence-electron chi connectivity index (χ1n) is 4.30. The van der Waals surface area contributed by atoms with Gasteiger partial charge in [-0.25, -0.2) is 0 Å². The van der Waals surface area contributed by atoms with Gasteiger partial charge in [0.15, 0.2) is 0 Å². The Morgan fingerprint density at radius 2 is 2.00 bits per heavy atom. The number of likely N-dealkylation sites (tertiary alicyclic amines) is 1. The van der Waals surface area contributed by atoms with Crippen molar-refractivity contribution in [2.24, 2.45) is 17.8 Å². The number of carbonyl (C=O) groups is 1. The lowest BCUT2D eigenvalue weighted by molar-refractivity contribution is -0.139. The van der Waals surface area contributed by atoms with Gasteiger partial charge in [0.1, 0.15) is 0 Å². The van der Waals surface area contributed by atoms with Crippen molar-refractivity contribution in [1.82, 2.24) is 4.90 Å². The Bertz CT molecular complexity index is 194. The molecule has 1 saturated heterocycles. The molecule has 2 aliphatic rings. The molecule has 2 N–H and O–H groups in total. The predicted molar refractivity (Wildman–Crippen MR) is 41.6 cm³/mol. The van der Waals surface area contributed by atoms with E-state index in [0.29, 0.717) is 18.4 Å². The number of hydrogen-bond donors (Lipinski definition) is 2. The smallest absolute Gasteiger partial charge is 0.307 e. The van der Waals surface area contributed by atoms with E-state index in [-0.39, 0.29) is 12.5 Å². The molecule has 0 amide bonds. The van der Waals surface area contributed by atoms with Gasteiger partial charge in [-0.15, -0.1) is 0 Å². The van der Waals surface area contributed by atoms with E-state index in [4.69, 9.17) is 10.2 Å². The average Bonchev–Trinajstić information content (AvgIpc) is 2.51. The second-order valence-corrected chi connectivity index (χ2v) is 3.67. The fraction of sp³-hybridized carbons (Fsp3) is 0.875. The normalized spacial score (nSPS) is 39.6. The maximum Gasteiger partial charge on any atom is 0.307 e. The van der Waals surface area contributed by atoms with Gasteiger partial charge in [0.2, 0.25) is 0 Å². The van der Waals surface area contributed by atoms with Gasteiger partial charge in [-0.05, 0) is 11.8 Å². The number of rotatable bonds is 3. The van der Waals surface area contributed by atoms with E-state index in [0.717, 1.165) is 13.1 Å². The molecule has 1 heterocycles. The molecule has 0 aromatic rings.